The maximum absolute atomic E-state index is 12.6. The van der Waals surface area contributed by atoms with Crippen molar-refractivity contribution in [1.29, 1.82) is 0 Å². The number of rotatable bonds is 8. The summed E-state index contributed by atoms with van der Waals surface area (Å²) in [5.74, 6) is -0.801. The van der Waals surface area contributed by atoms with Gasteiger partial charge in [0.1, 0.15) is 5.75 Å². The third-order valence-corrected chi connectivity index (χ3v) is 4.90. The summed E-state index contributed by atoms with van der Waals surface area (Å²) in [6, 6.07) is 12.8. The van der Waals surface area contributed by atoms with Crippen LogP contribution in [0, 0.1) is 0 Å². The summed E-state index contributed by atoms with van der Waals surface area (Å²) in [6.07, 6.45) is 0. The highest BCUT2D eigenvalue weighted by Gasteiger charge is 2.21. The zero-order valence-corrected chi connectivity index (χ0v) is 17.3. The van der Waals surface area contributed by atoms with Crippen molar-refractivity contribution >= 4 is 35.0 Å². The minimum absolute atomic E-state index is 0.128. The van der Waals surface area contributed by atoms with E-state index in [1.54, 1.807) is 37.3 Å². The largest absolute Gasteiger partial charge is 0.433 e. The van der Waals surface area contributed by atoms with E-state index in [4.69, 9.17) is 0 Å². The van der Waals surface area contributed by atoms with Crippen LogP contribution < -0.4 is 15.4 Å². The van der Waals surface area contributed by atoms with Gasteiger partial charge in [-0.1, -0.05) is 30.0 Å². The van der Waals surface area contributed by atoms with E-state index in [1.807, 2.05) is 0 Å². The average molecular weight is 448 g/mol. The molecule has 2 N–H and O–H groups in total. The molecule has 12 heteroatoms. The molecule has 0 radical (unpaired) electrons. The summed E-state index contributed by atoms with van der Waals surface area (Å²) in [4.78, 5) is 23.9. The number of alkyl halides is 2. The number of halogens is 2. The summed E-state index contributed by atoms with van der Waals surface area (Å²) in [5.41, 5.74) is 1.28. The highest BCUT2D eigenvalue weighted by atomic mass is 32.2. The van der Waals surface area contributed by atoms with Gasteiger partial charge in [-0.05, 0) is 47.7 Å². The summed E-state index contributed by atoms with van der Waals surface area (Å²) < 4.78 is 31.0. The molecule has 0 aliphatic rings. The van der Waals surface area contributed by atoms with E-state index in [0.717, 1.165) is 11.8 Å². The molecule has 31 heavy (non-hydrogen) atoms. The second-order valence-electron chi connectivity index (χ2n) is 6.23. The zero-order chi connectivity index (χ0) is 22.4. The first-order chi connectivity index (χ1) is 14.8. The van der Waals surface area contributed by atoms with Crippen LogP contribution in [-0.2, 0) is 9.59 Å². The van der Waals surface area contributed by atoms with Crippen LogP contribution in [0.3, 0.4) is 0 Å². The van der Waals surface area contributed by atoms with Crippen LogP contribution in [-0.4, -0.2) is 43.9 Å². The molecule has 0 bridgehead atoms. The van der Waals surface area contributed by atoms with Crippen molar-refractivity contribution in [1.82, 2.24) is 20.2 Å². The highest BCUT2D eigenvalue weighted by Crippen LogP contribution is 2.28. The monoisotopic (exact) mass is 448 g/mol. The van der Waals surface area contributed by atoms with E-state index in [9.17, 15) is 18.4 Å². The zero-order valence-electron chi connectivity index (χ0n) is 16.5. The number of ether oxygens (including phenoxy) is 1. The number of hydrogen-bond acceptors (Lipinski definition) is 7. The molecule has 3 aromatic rings. The first-order valence-corrected chi connectivity index (χ1v) is 9.89. The van der Waals surface area contributed by atoms with Gasteiger partial charge in [0.05, 0.1) is 16.6 Å². The lowest BCUT2D eigenvalue weighted by Gasteiger charge is -2.14. The molecule has 0 saturated carbocycles. The number of benzene rings is 2. The second kappa shape index (κ2) is 9.98. The number of aromatic nitrogens is 4. The van der Waals surface area contributed by atoms with Gasteiger partial charge in [-0.3, -0.25) is 9.59 Å². The van der Waals surface area contributed by atoms with Crippen LogP contribution in [0.5, 0.6) is 5.75 Å². The van der Waals surface area contributed by atoms with Crippen molar-refractivity contribution < 1.29 is 23.1 Å². The van der Waals surface area contributed by atoms with E-state index in [0.29, 0.717) is 16.5 Å². The maximum atomic E-state index is 12.6. The highest BCUT2D eigenvalue weighted by molar-refractivity contribution is 8.00. The van der Waals surface area contributed by atoms with Crippen molar-refractivity contribution in [2.75, 3.05) is 10.6 Å². The predicted molar refractivity (Wildman–Crippen MR) is 110 cm³/mol. The molecule has 0 spiro atoms. The van der Waals surface area contributed by atoms with Crippen LogP contribution in [0.15, 0.2) is 53.7 Å². The molecule has 0 fully saturated rings. The lowest BCUT2D eigenvalue weighted by Crippen LogP contribution is -2.23. The molecule has 2 amide bonds. The van der Waals surface area contributed by atoms with Crippen LogP contribution in [0.1, 0.15) is 13.8 Å². The van der Waals surface area contributed by atoms with Gasteiger partial charge in [-0.25, -0.2) is 0 Å². The van der Waals surface area contributed by atoms with Crippen LogP contribution >= 0.6 is 11.8 Å². The smallest absolute Gasteiger partial charge is 0.387 e. The van der Waals surface area contributed by atoms with E-state index in [2.05, 4.69) is 30.9 Å². The Morgan fingerprint density at radius 2 is 1.90 bits per heavy atom. The molecule has 1 unspecified atom stereocenters. The number of nitrogens with zero attached hydrogens (tertiary/aromatic N) is 4. The van der Waals surface area contributed by atoms with Gasteiger partial charge < -0.3 is 15.4 Å². The first kappa shape index (κ1) is 22.2. The summed E-state index contributed by atoms with van der Waals surface area (Å²) in [6.45, 7) is 0.0155. The third kappa shape index (κ3) is 5.98. The second-order valence-corrected chi connectivity index (χ2v) is 7.54. The summed E-state index contributed by atoms with van der Waals surface area (Å²) in [7, 11) is 0. The van der Waals surface area contributed by atoms with Crippen LogP contribution in [0.4, 0.5) is 20.2 Å². The van der Waals surface area contributed by atoms with Gasteiger partial charge in [0.15, 0.2) is 0 Å². The number of carbonyl (C=O) groups excluding carboxylic acids is 2. The van der Waals surface area contributed by atoms with Gasteiger partial charge in [0, 0.05) is 12.6 Å². The summed E-state index contributed by atoms with van der Waals surface area (Å²) >= 11 is 1.08. The normalized spacial score (nSPS) is 11.8. The number of nitrogens with one attached hydrogen (secondary N) is 2. The van der Waals surface area contributed by atoms with Crippen molar-refractivity contribution in [3.8, 4) is 11.4 Å². The van der Waals surface area contributed by atoms with Crippen molar-refractivity contribution in [3.63, 3.8) is 0 Å². The predicted octanol–water partition coefficient (Wildman–Crippen LogP) is 3.34. The van der Waals surface area contributed by atoms with Crippen LogP contribution in [0.25, 0.3) is 5.69 Å². The van der Waals surface area contributed by atoms with Gasteiger partial charge in [0.2, 0.25) is 17.0 Å². The maximum Gasteiger partial charge on any atom is 0.387 e. The SMILES string of the molecule is CC(=O)Nc1cccc(-n2nnnc2SC(C)C(=O)Nc2ccccc2OC(F)F)c1. The van der Waals surface area contributed by atoms with Gasteiger partial charge in [-0.15, -0.1) is 5.10 Å². The summed E-state index contributed by atoms with van der Waals surface area (Å²) in [5, 5.41) is 16.5. The molecule has 0 saturated heterocycles. The lowest BCUT2D eigenvalue weighted by atomic mass is 10.3. The topological polar surface area (TPSA) is 111 Å². The quantitative estimate of drug-likeness (QED) is 0.509. The van der Waals surface area contributed by atoms with E-state index in [-0.39, 0.29) is 17.3 Å². The average Bonchev–Trinajstić information content (AvgIpc) is 3.17. The lowest BCUT2D eigenvalue weighted by molar-refractivity contribution is -0.115. The molecule has 9 nitrogen and oxygen atoms in total. The molecule has 0 aliphatic heterocycles. The molecule has 3 rings (SSSR count). The van der Waals surface area contributed by atoms with E-state index in [1.165, 1.54) is 29.8 Å². The molecule has 0 aliphatic carbocycles. The first-order valence-electron chi connectivity index (χ1n) is 9.01. The number of amides is 2. The minimum atomic E-state index is -3.01. The minimum Gasteiger partial charge on any atom is -0.433 e. The Morgan fingerprint density at radius 3 is 2.65 bits per heavy atom. The number of thioether (sulfide) groups is 1. The molecular weight excluding hydrogens is 430 g/mol. The Bertz CT molecular complexity index is 1080. The number of carbonyl (C=O) groups is 2. The fourth-order valence-electron chi connectivity index (χ4n) is 2.55. The number of tetrazole rings is 1. The number of hydrogen-bond donors (Lipinski definition) is 2. The Kier molecular flexibility index (Phi) is 7.13. The van der Waals surface area contributed by atoms with Crippen molar-refractivity contribution in [3.05, 3.63) is 48.5 Å². The standard InChI is InChI=1S/C19H18F2N6O3S/c1-11(17(29)23-15-8-3-4-9-16(15)30-18(20)21)31-19-24-25-26-27(19)14-7-5-6-13(10-14)22-12(2)28/h3-11,18H,1-2H3,(H,22,28)(H,23,29). The van der Waals surface area contributed by atoms with Gasteiger partial charge >= 0.3 is 6.61 Å². The Labute approximate surface area is 180 Å². The molecule has 1 heterocycles. The molecule has 162 valence electrons. The van der Waals surface area contributed by atoms with Crippen LogP contribution in [0.2, 0.25) is 0 Å². The Morgan fingerprint density at radius 1 is 1.13 bits per heavy atom. The van der Waals surface area contributed by atoms with E-state index >= 15 is 0 Å². The number of para-hydroxylation sites is 2. The Balaban J connectivity index is 1.73. The fraction of sp³-hybridized carbons (Fsp3) is 0.211. The molecule has 1 atom stereocenters. The molecular formula is C19H18F2N6O3S. The molecule has 2 aromatic carbocycles. The van der Waals surface area contributed by atoms with Gasteiger partial charge in [-0.2, -0.15) is 13.5 Å². The third-order valence-electron chi connectivity index (χ3n) is 3.86. The van der Waals surface area contributed by atoms with E-state index < -0.39 is 17.8 Å². The molecule has 1 aromatic heterocycles. The number of anilines is 2. The van der Waals surface area contributed by atoms with Gasteiger partial charge in [0.25, 0.3) is 0 Å². The Hall–Kier alpha value is -3.54. The van der Waals surface area contributed by atoms with Crippen molar-refractivity contribution in [2.45, 2.75) is 30.9 Å². The van der Waals surface area contributed by atoms with Crippen molar-refractivity contribution in [2.24, 2.45) is 0 Å². The fourth-order valence-corrected chi connectivity index (χ4v) is 3.36.